The fourth-order valence-electron chi connectivity index (χ4n) is 5.38. The number of aryl methyl sites for hydroxylation is 1. The van der Waals surface area contributed by atoms with Crippen molar-refractivity contribution in [3.05, 3.63) is 42.5 Å². The zero-order valence-corrected chi connectivity index (χ0v) is 19.1. The Morgan fingerprint density at radius 3 is 2.35 bits per heavy atom. The van der Waals surface area contributed by atoms with Gasteiger partial charge < -0.3 is 14.6 Å². The molecule has 1 N–H and O–H groups in total. The highest BCUT2D eigenvalue weighted by Crippen LogP contribution is 2.38. The Balaban J connectivity index is 1.21. The standard InChI is InChI=1S/C26H27N3O5/c1-2-28-21-10-6-5-7-17(21)20-13-16(11-12-22(20)28)27-23(30)15-34-24(31)14-29-25(32)18-8-3-4-9-19(18)26(29)33/h5-7,10-13,18-19H,2-4,8-9,14-15H2,1H3,(H,27,30)/t18-,19-/m0/s1. The van der Waals surface area contributed by atoms with Gasteiger partial charge in [0.2, 0.25) is 11.8 Å². The third-order valence-electron chi connectivity index (χ3n) is 6.96. The van der Waals surface area contributed by atoms with Gasteiger partial charge in [-0.05, 0) is 44.0 Å². The number of rotatable bonds is 6. The van der Waals surface area contributed by atoms with Gasteiger partial charge >= 0.3 is 5.97 Å². The molecule has 8 nitrogen and oxygen atoms in total. The average Bonchev–Trinajstić information content (AvgIpc) is 3.29. The number of carbonyl (C=O) groups excluding carboxylic acids is 4. The fraction of sp³-hybridized carbons (Fsp3) is 0.385. The van der Waals surface area contributed by atoms with Crippen LogP contribution in [0, 0.1) is 11.8 Å². The Hall–Kier alpha value is -3.68. The number of anilines is 1. The molecule has 1 saturated heterocycles. The summed E-state index contributed by atoms with van der Waals surface area (Å²) in [7, 11) is 0. The van der Waals surface area contributed by atoms with Crippen LogP contribution in [0.3, 0.4) is 0 Å². The van der Waals surface area contributed by atoms with Crippen molar-refractivity contribution < 1.29 is 23.9 Å². The molecule has 0 spiro atoms. The van der Waals surface area contributed by atoms with E-state index in [1.165, 1.54) is 0 Å². The van der Waals surface area contributed by atoms with Gasteiger partial charge in [0.05, 0.1) is 11.8 Å². The number of likely N-dealkylation sites (tertiary alicyclic amines) is 1. The minimum atomic E-state index is -0.767. The molecule has 1 aromatic heterocycles. The van der Waals surface area contributed by atoms with Gasteiger partial charge in [-0.25, -0.2) is 0 Å². The van der Waals surface area contributed by atoms with Crippen molar-refractivity contribution in [2.75, 3.05) is 18.5 Å². The molecule has 8 heteroatoms. The molecule has 0 bridgehead atoms. The second kappa shape index (κ2) is 8.93. The van der Waals surface area contributed by atoms with Gasteiger partial charge in [-0.1, -0.05) is 31.0 Å². The number of amides is 3. The number of fused-ring (bicyclic) bond motifs is 4. The summed E-state index contributed by atoms with van der Waals surface area (Å²) >= 11 is 0. The van der Waals surface area contributed by atoms with Crippen molar-refractivity contribution in [2.24, 2.45) is 11.8 Å². The van der Waals surface area contributed by atoms with Crippen molar-refractivity contribution >= 4 is 51.2 Å². The molecule has 2 aliphatic rings. The Kier molecular flexibility index (Phi) is 5.81. The number of nitrogens with one attached hydrogen (secondary N) is 1. The lowest BCUT2D eigenvalue weighted by atomic mass is 9.81. The van der Waals surface area contributed by atoms with Crippen LogP contribution in [-0.2, 0) is 30.5 Å². The largest absolute Gasteiger partial charge is 0.454 e. The van der Waals surface area contributed by atoms with Gasteiger partial charge in [-0.15, -0.1) is 0 Å². The van der Waals surface area contributed by atoms with Crippen LogP contribution in [0.2, 0.25) is 0 Å². The van der Waals surface area contributed by atoms with E-state index < -0.39 is 25.0 Å². The van der Waals surface area contributed by atoms with Gasteiger partial charge in [-0.2, -0.15) is 0 Å². The number of carbonyl (C=O) groups is 4. The highest BCUT2D eigenvalue weighted by atomic mass is 16.5. The lowest BCUT2D eigenvalue weighted by Crippen LogP contribution is -2.37. The third kappa shape index (κ3) is 3.83. The molecule has 34 heavy (non-hydrogen) atoms. The van der Waals surface area contributed by atoms with Crippen molar-refractivity contribution in [2.45, 2.75) is 39.2 Å². The minimum Gasteiger partial charge on any atom is -0.454 e. The highest BCUT2D eigenvalue weighted by molar-refractivity contribution is 6.10. The first-order chi connectivity index (χ1) is 16.5. The van der Waals surface area contributed by atoms with E-state index in [1.807, 2.05) is 36.4 Å². The number of aromatic nitrogens is 1. The van der Waals surface area contributed by atoms with E-state index in [1.54, 1.807) is 0 Å². The maximum atomic E-state index is 12.5. The third-order valence-corrected chi connectivity index (χ3v) is 6.96. The summed E-state index contributed by atoms with van der Waals surface area (Å²) in [4.78, 5) is 50.7. The summed E-state index contributed by atoms with van der Waals surface area (Å²) in [6.45, 7) is 1.99. The minimum absolute atomic E-state index is 0.296. The summed E-state index contributed by atoms with van der Waals surface area (Å²) in [5.41, 5.74) is 2.80. The van der Waals surface area contributed by atoms with Gasteiger partial charge in [0.25, 0.3) is 5.91 Å². The zero-order chi connectivity index (χ0) is 23.8. The summed E-state index contributed by atoms with van der Waals surface area (Å²) in [6.07, 6.45) is 3.21. The number of imide groups is 1. The number of hydrogen-bond donors (Lipinski definition) is 1. The van der Waals surface area contributed by atoms with Crippen LogP contribution in [0.15, 0.2) is 42.5 Å². The van der Waals surface area contributed by atoms with Crippen LogP contribution in [0.5, 0.6) is 0 Å². The number of ether oxygens (including phenoxy) is 1. The molecule has 2 atom stereocenters. The number of para-hydroxylation sites is 1. The molecule has 0 radical (unpaired) electrons. The Morgan fingerprint density at radius 1 is 0.971 bits per heavy atom. The van der Waals surface area contributed by atoms with E-state index in [-0.39, 0.29) is 23.7 Å². The quantitative estimate of drug-likeness (QED) is 0.448. The maximum Gasteiger partial charge on any atom is 0.326 e. The predicted octanol–water partition coefficient (Wildman–Crippen LogP) is 3.47. The molecule has 0 unspecified atom stereocenters. The van der Waals surface area contributed by atoms with Crippen molar-refractivity contribution in [1.82, 2.24) is 9.47 Å². The van der Waals surface area contributed by atoms with Crippen molar-refractivity contribution in [1.29, 1.82) is 0 Å². The van der Waals surface area contributed by atoms with Crippen LogP contribution < -0.4 is 5.32 Å². The molecule has 3 aromatic rings. The smallest absolute Gasteiger partial charge is 0.326 e. The molecular weight excluding hydrogens is 434 g/mol. The molecule has 2 fully saturated rings. The van der Waals surface area contributed by atoms with E-state index in [9.17, 15) is 19.2 Å². The van der Waals surface area contributed by atoms with Crippen LogP contribution in [0.1, 0.15) is 32.6 Å². The Bertz CT molecular complexity index is 1290. The Morgan fingerprint density at radius 2 is 1.65 bits per heavy atom. The summed E-state index contributed by atoms with van der Waals surface area (Å²) in [5, 5.41) is 4.89. The number of hydrogen-bond acceptors (Lipinski definition) is 5. The summed E-state index contributed by atoms with van der Waals surface area (Å²) in [5.74, 6) is -2.47. The SMILES string of the molecule is CCn1c2ccccc2c2cc(NC(=O)COC(=O)CN3C(=O)[C@H]4CCCC[C@@H]4C3=O)ccc21. The topological polar surface area (TPSA) is 97.7 Å². The maximum absolute atomic E-state index is 12.5. The van der Waals surface area contributed by atoms with E-state index in [2.05, 4.69) is 22.9 Å². The lowest BCUT2D eigenvalue weighted by Gasteiger charge is -2.19. The first kappa shape index (κ1) is 22.1. The van der Waals surface area contributed by atoms with E-state index >= 15 is 0 Å². The molecule has 2 aromatic carbocycles. The van der Waals surface area contributed by atoms with Crippen LogP contribution in [0.25, 0.3) is 21.8 Å². The van der Waals surface area contributed by atoms with Crippen molar-refractivity contribution in [3.63, 3.8) is 0 Å². The molecule has 1 aliphatic carbocycles. The zero-order valence-electron chi connectivity index (χ0n) is 19.1. The van der Waals surface area contributed by atoms with Crippen LogP contribution in [-0.4, -0.2) is 46.3 Å². The fourth-order valence-corrected chi connectivity index (χ4v) is 5.38. The van der Waals surface area contributed by atoms with Gasteiger partial charge in [0, 0.05) is 34.0 Å². The Labute approximate surface area is 196 Å². The first-order valence-electron chi connectivity index (χ1n) is 11.8. The average molecular weight is 462 g/mol. The van der Waals surface area contributed by atoms with Crippen LogP contribution in [0.4, 0.5) is 5.69 Å². The predicted molar refractivity (Wildman–Crippen MR) is 127 cm³/mol. The molecule has 5 rings (SSSR count). The second-order valence-electron chi connectivity index (χ2n) is 8.96. The molecule has 1 saturated carbocycles. The highest BCUT2D eigenvalue weighted by Gasteiger charge is 2.48. The molecule has 176 valence electrons. The van der Waals surface area contributed by atoms with Crippen LogP contribution >= 0.6 is 0 Å². The summed E-state index contributed by atoms with van der Waals surface area (Å²) < 4.78 is 7.28. The lowest BCUT2D eigenvalue weighted by molar-refractivity contribution is -0.154. The molecular formula is C26H27N3O5. The first-order valence-corrected chi connectivity index (χ1v) is 11.8. The van der Waals surface area contributed by atoms with Crippen molar-refractivity contribution in [3.8, 4) is 0 Å². The molecule has 1 aliphatic heterocycles. The van der Waals surface area contributed by atoms with Gasteiger partial charge in [-0.3, -0.25) is 24.1 Å². The normalized spacial score (nSPS) is 20.1. The molecule has 3 amide bonds. The summed E-state index contributed by atoms with van der Waals surface area (Å²) in [6, 6.07) is 13.8. The van der Waals surface area contributed by atoms with E-state index in [0.29, 0.717) is 18.5 Å². The van der Waals surface area contributed by atoms with Gasteiger partial charge in [0.15, 0.2) is 6.61 Å². The van der Waals surface area contributed by atoms with E-state index in [0.717, 1.165) is 46.1 Å². The number of nitrogens with zero attached hydrogens (tertiary/aromatic N) is 2. The second-order valence-corrected chi connectivity index (χ2v) is 8.96. The number of benzene rings is 2. The monoisotopic (exact) mass is 461 g/mol. The van der Waals surface area contributed by atoms with E-state index in [4.69, 9.17) is 4.74 Å². The number of esters is 1. The molecule has 2 heterocycles. The van der Waals surface area contributed by atoms with Gasteiger partial charge in [0.1, 0.15) is 6.54 Å².